The fraction of sp³-hybridized carbons (Fsp3) is 1.00. The average molecular weight is 151 g/mol. The maximum absolute atomic E-state index is 10.9. The van der Waals surface area contributed by atoms with Crippen LogP contribution in [0.15, 0.2) is 0 Å². The van der Waals surface area contributed by atoms with Crippen LogP contribution in [0.25, 0.3) is 0 Å². The summed E-state index contributed by atoms with van der Waals surface area (Å²) in [7, 11) is -0.867. The van der Waals surface area contributed by atoms with Crippen LogP contribution < -0.4 is 0 Å². The van der Waals surface area contributed by atoms with Gasteiger partial charge in [-0.15, -0.1) is 0 Å². The smallest absolute Gasteiger partial charge is 0.353 e. The van der Waals surface area contributed by atoms with Gasteiger partial charge in [0, 0.05) is 20.8 Å². The molecule has 0 aliphatic rings. The molecule has 0 aromatic carbocycles. The fourth-order valence-electron chi connectivity index (χ4n) is 0.378. The van der Waals surface area contributed by atoms with E-state index in [0.29, 0.717) is 6.61 Å². The van der Waals surface area contributed by atoms with Crippen LogP contribution in [-0.4, -0.2) is 29.9 Å². The van der Waals surface area contributed by atoms with Crippen LogP contribution in [0.2, 0.25) is 0 Å². The maximum Gasteiger partial charge on any atom is 0.706 e. The Morgan fingerprint density at radius 3 is 1.89 bits per heavy atom. The standard InChI is InChI=1S/C4H11O4Si/c1-4-8-9(5,6-2)7-3/h4H2,1-3H3. The summed E-state index contributed by atoms with van der Waals surface area (Å²) in [5.41, 5.74) is 0. The first kappa shape index (κ1) is 9.06. The number of rotatable bonds is 4. The minimum Gasteiger partial charge on any atom is -0.353 e. The zero-order chi connectivity index (χ0) is 7.33. The summed E-state index contributed by atoms with van der Waals surface area (Å²) in [6.07, 6.45) is 0. The second kappa shape index (κ2) is 3.97. The van der Waals surface area contributed by atoms with E-state index in [9.17, 15) is 4.80 Å². The van der Waals surface area contributed by atoms with Crippen molar-refractivity contribution in [3.63, 3.8) is 0 Å². The lowest BCUT2D eigenvalue weighted by Crippen LogP contribution is -2.42. The summed E-state index contributed by atoms with van der Waals surface area (Å²) in [5, 5.41) is 0. The lowest BCUT2D eigenvalue weighted by atomic mass is 10.9. The molecule has 4 nitrogen and oxygen atoms in total. The van der Waals surface area contributed by atoms with Gasteiger partial charge in [-0.25, -0.2) is 4.80 Å². The van der Waals surface area contributed by atoms with Gasteiger partial charge in [0.15, 0.2) is 0 Å². The lowest BCUT2D eigenvalue weighted by molar-refractivity contribution is 0.00282. The zero-order valence-electron chi connectivity index (χ0n) is 5.84. The van der Waals surface area contributed by atoms with Crippen molar-refractivity contribution in [1.82, 2.24) is 0 Å². The third-order valence-corrected chi connectivity index (χ3v) is 2.46. The Morgan fingerprint density at radius 1 is 1.33 bits per heavy atom. The summed E-state index contributed by atoms with van der Waals surface area (Å²) in [4.78, 5) is 10.9. The van der Waals surface area contributed by atoms with Gasteiger partial charge in [-0.2, -0.15) is 0 Å². The van der Waals surface area contributed by atoms with Gasteiger partial charge in [-0.1, -0.05) is 0 Å². The molecule has 0 rings (SSSR count). The van der Waals surface area contributed by atoms with E-state index in [0.717, 1.165) is 0 Å². The summed E-state index contributed by atoms with van der Waals surface area (Å²) in [6, 6.07) is 0. The van der Waals surface area contributed by atoms with E-state index >= 15 is 0 Å². The molecule has 0 aromatic heterocycles. The van der Waals surface area contributed by atoms with E-state index in [1.165, 1.54) is 14.2 Å². The number of hydrogen-bond acceptors (Lipinski definition) is 3. The molecule has 9 heavy (non-hydrogen) atoms. The molecule has 5 heteroatoms. The van der Waals surface area contributed by atoms with E-state index in [1.54, 1.807) is 6.92 Å². The van der Waals surface area contributed by atoms with Crippen molar-refractivity contribution in [2.24, 2.45) is 0 Å². The van der Waals surface area contributed by atoms with Gasteiger partial charge in [0.25, 0.3) is 0 Å². The minimum atomic E-state index is -3.45. The molecule has 1 radical (unpaired) electrons. The van der Waals surface area contributed by atoms with Crippen molar-refractivity contribution in [1.29, 1.82) is 0 Å². The van der Waals surface area contributed by atoms with Crippen LogP contribution in [0.5, 0.6) is 0 Å². The molecule has 0 saturated heterocycles. The van der Waals surface area contributed by atoms with Crippen LogP contribution >= 0.6 is 0 Å². The van der Waals surface area contributed by atoms with Gasteiger partial charge in [-0.3, -0.25) is 0 Å². The first-order valence-electron chi connectivity index (χ1n) is 2.63. The Morgan fingerprint density at radius 2 is 1.78 bits per heavy atom. The van der Waals surface area contributed by atoms with Crippen molar-refractivity contribution < 1.29 is 18.1 Å². The van der Waals surface area contributed by atoms with Gasteiger partial charge in [0.2, 0.25) is 0 Å². The van der Waals surface area contributed by atoms with Crippen LogP contribution in [0, 0.1) is 0 Å². The summed E-state index contributed by atoms with van der Waals surface area (Å²) >= 11 is 0. The molecule has 0 fully saturated rings. The highest BCUT2D eigenvalue weighted by molar-refractivity contribution is 6.51. The van der Waals surface area contributed by atoms with Crippen LogP contribution in [0.4, 0.5) is 0 Å². The molecule has 0 N–H and O–H groups in total. The first-order chi connectivity index (χ1) is 4.18. The second-order valence-electron chi connectivity index (χ2n) is 1.34. The van der Waals surface area contributed by atoms with Gasteiger partial charge in [-0.05, 0) is 6.92 Å². The molecule has 0 unspecified atom stereocenters. The Kier molecular flexibility index (Phi) is 3.99. The summed E-state index contributed by atoms with van der Waals surface area (Å²) in [6.45, 7) is 2.05. The monoisotopic (exact) mass is 151 g/mol. The summed E-state index contributed by atoms with van der Waals surface area (Å²) < 4.78 is 13.6. The van der Waals surface area contributed by atoms with E-state index < -0.39 is 9.05 Å². The Labute approximate surface area is 55.8 Å². The van der Waals surface area contributed by atoms with Gasteiger partial charge in [0.1, 0.15) is 0 Å². The van der Waals surface area contributed by atoms with E-state index in [4.69, 9.17) is 0 Å². The molecule has 0 bridgehead atoms. The van der Waals surface area contributed by atoms with Crippen molar-refractivity contribution in [3.8, 4) is 0 Å². The zero-order valence-corrected chi connectivity index (χ0v) is 6.84. The average Bonchev–Trinajstić information content (AvgIpc) is 1.89. The van der Waals surface area contributed by atoms with Crippen molar-refractivity contribution in [3.05, 3.63) is 0 Å². The molecule has 0 heterocycles. The van der Waals surface area contributed by atoms with Crippen LogP contribution in [-0.2, 0) is 18.1 Å². The largest absolute Gasteiger partial charge is 0.706 e. The highest BCUT2D eigenvalue weighted by Gasteiger charge is 2.40. The van der Waals surface area contributed by atoms with Crippen molar-refractivity contribution in [2.75, 3.05) is 20.8 Å². The minimum absolute atomic E-state index is 0.331. The third kappa shape index (κ3) is 2.92. The molecule has 0 aliphatic carbocycles. The first-order valence-corrected chi connectivity index (χ1v) is 4.26. The predicted octanol–water partition coefficient (Wildman–Crippen LogP) is 0.182. The molecule has 55 valence electrons. The van der Waals surface area contributed by atoms with E-state index in [2.05, 4.69) is 13.3 Å². The molecular weight excluding hydrogens is 140 g/mol. The molecule has 0 aromatic rings. The normalized spacial score (nSPS) is 12.0. The lowest BCUT2D eigenvalue weighted by Gasteiger charge is -2.14. The topological polar surface area (TPSA) is 47.6 Å². The molecular formula is C4H11O4Si. The van der Waals surface area contributed by atoms with Crippen molar-refractivity contribution >= 4 is 9.05 Å². The molecule has 0 amide bonds. The SMILES string of the molecule is CCO[Si]([O])(OC)OC. The Balaban J connectivity index is 3.62. The van der Waals surface area contributed by atoms with Gasteiger partial charge >= 0.3 is 9.05 Å². The predicted molar refractivity (Wildman–Crippen MR) is 32.1 cm³/mol. The highest BCUT2D eigenvalue weighted by atomic mass is 28.4. The second-order valence-corrected chi connectivity index (χ2v) is 3.45. The Bertz CT molecular complexity index is 73.0. The van der Waals surface area contributed by atoms with Crippen molar-refractivity contribution in [2.45, 2.75) is 6.92 Å². The quantitative estimate of drug-likeness (QED) is 0.538. The van der Waals surface area contributed by atoms with Crippen LogP contribution in [0.1, 0.15) is 6.92 Å². The fourth-order valence-corrected chi connectivity index (χ4v) is 1.13. The highest BCUT2D eigenvalue weighted by Crippen LogP contribution is 2.01. The molecule has 0 saturated carbocycles. The van der Waals surface area contributed by atoms with E-state index in [1.807, 2.05) is 0 Å². The van der Waals surface area contributed by atoms with Gasteiger partial charge in [0.05, 0.1) is 0 Å². The van der Waals surface area contributed by atoms with Gasteiger partial charge < -0.3 is 13.3 Å². The molecule has 0 aliphatic heterocycles. The number of hydrogen-bond donors (Lipinski definition) is 0. The third-order valence-electron chi connectivity index (χ3n) is 0.821. The Hall–Kier alpha value is 0.0569. The van der Waals surface area contributed by atoms with E-state index in [-0.39, 0.29) is 0 Å². The van der Waals surface area contributed by atoms with Crippen LogP contribution in [0.3, 0.4) is 0 Å². The molecule has 0 atom stereocenters. The molecule has 0 spiro atoms. The maximum atomic E-state index is 10.9. The summed E-state index contributed by atoms with van der Waals surface area (Å²) in [5.74, 6) is 0.